The van der Waals surface area contributed by atoms with Crippen molar-refractivity contribution < 1.29 is 14.2 Å². The highest BCUT2D eigenvalue weighted by molar-refractivity contribution is 5.50. The molecule has 0 spiro atoms. The molecule has 0 aliphatic heterocycles. The summed E-state index contributed by atoms with van der Waals surface area (Å²) in [6, 6.07) is 4.58. The van der Waals surface area contributed by atoms with Crippen molar-refractivity contribution in [1.29, 1.82) is 0 Å². The molecule has 0 saturated carbocycles. The summed E-state index contributed by atoms with van der Waals surface area (Å²) in [5.41, 5.74) is 2.67. The highest BCUT2D eigenvalue weighted by atomic mass is 16.5. The Balaban J connectivity index is 2.16. The third-order valence-corrected chi connectivity index (χ3v) is 3.42. The van der Waals surface area contributed by atoms with E-state index in [9.17, 15) is 0 Å². The van der Waals surface area contributed by atoms with Crippen LogP contribution in [0.2, 0.25) is 0 Å². The minimum atomic E-state index is 0.398. The molecule has 0 radical (unpaired) electrons. The molecule has 1 aliphatic carbocycles. The van der Waals surface area contributed by atoms with E-state index in [1.54, 1.807) is 21.3 Å². The molecule has 0 bridgehead atoms. The summed E-state index contributed by atoms with van der Waals surface area (Å²) in [6.07, 6.45) is 2.20. The molecule has 1 aromatic carbocycles. The van der Waals surface area contributed by atoms with Gasteiger partial charge < -0.3 is 19.5 Å². The second kappa shape index (κ2) is 6.07. The highest BCUT2D eigenvalue weighted by Gasteiger charge is 2.24. The van der Waals surface area contributed by atoms with Gasteiger partial charge in [-0.05, 0) is 36.1 Å². The Kier molecular flexibility index (Phi) is 4.44. The number of benzene rings is 1. The van der Waals surface area contributed by atoms with E-state index in [-0.39, 0.29) is 0 Å². The molecular formula is C14H21NO3. The Morgan fingerprint density at radius 2 is 1.89 bits per heavy atom. The van der Waals surface area contributed by atoms with E-state index in [4.69, 9.17) is 14.2 Å². The van der Waals surface area contributed by atoms with Crippen molar-refractivity contribution in [2.75, 3.05) is 34.5 Å². The zero-order chi connectivity index (χ0) is 13.0. The summed E-state index contributed by atoms with van der Waals surface area (Å²) in [6.45, 7) is 1.61. The molecule has 4 heteroatoms. The first-order valence-corrected chi connectivity index (χ1v) is 6.27. The van der Waals surface area contributed by atoms with Gasteiger partial charge in [-0.2, -0.15) is 0 Å². The third-order valence-electron chi connectivity index (χ3n) is 3.42. The van der Waals surface area contributed by atoms with Gasteiger partial charge in [0, 0.05) is 19.7 Å². The summed E-state index contributed by atoms with van der Waals surface area (Å²) in [7, 11) is 5.07. The van der Waals surface area contributed by atoms with Crippen LogP contribution in [0.4, 0.5) is 0 Å². The maximum absolute atomic E-state index is 5.36. The maximum Gasteiger partial charge on any atom is 0.161 e. The van der Waals surface area contributed by atoms with Crippen molar-refractivity contribution >= 4 is 0 Å². The van der Waals surface area contributed by atoms with Crippen molar-refractivity contribution in [3.8, 4) is 11.5 Å². The van der Waals surface area contributed by atoms with Gasteiger partial charge in [0.15, 0.2) is 11.5 Å². The fraction of sp³-hybridized carbons (Fsp3) is 0.571. The predicted octanol–water partition coefficient (Wildman–Crippen LogP) is 1.93. The number of rotatable bonds is 6. The van der Waals surface area contributed by atoms with E-state index in [1.165, 1.54) is 11.1 Å². The molecule has 2 rings (SSSR count). The fourth-order valence-corrected chi connectivity index (χ4v) is 2.48. The average Bonchev–Trinajstić information content (AvgIpc) is 2.80. The lowest BCUT2D eigenvalue weighted by atomic mass is 10.1. The van der Waals surface area contributed by atoms with Crippen LogP contribution in [0.3, 0.4) is 0 Å². The first-order valence-electron chi connectivity index (χ1n) is 6.27. The molecule has 0 amide bonds. The van der Waals surface area contributed by atoms with Gasteiger partial charge in [0.25, 0.3) is 0 Å². The standard InChI is InChI=1S/C14H21NO3/c1-16-7-6-15-12-5-4-10-8-13(17-2)14(18-3)9-11(10)12/h8-9,12,15H,4-7H2,1-3H3/t12-/m1/s1. The number of nitrogens with one attached hydrogen (secondary N) is 1. The topological polar surface area (TPSA) is 39.7 Å². The summed E-state index contributed by atoms with van der Waals surface area (Å²) in [5, 5.41) is 3.51. The first kappa shape index (κ1) is 13.2. The number of fused-ring (bicyclic) bond motifs is 1. The van der Waals surface area contributed by atoms with Gasteiger partial charge in [0.05, 0.1) is 20.8 Å². The number of hydrogen-bond donors (Lipinski definition) is 1. The number of hydrogen-bond acceptors (Lipinski definition) is 4. The molecule has 0 fully saturated rings. The number of aryl methyl sites for hydroxylation is 1. The van der Waals surface area contributed by atoms with E-state index in [2.05, 4.69) is 17.4 Å². The maximum atomic E-state index is 5.36. The molecular weight excluding hydrogens is 230 g/mol. The van der Waals surface area contributed by atoms with E-state index >= 15 is 0 Å². The first-order chi connectivity index (χ1) is 8.80. The molecule has 0 saturated heterocycles. The van der Waals surface area contributed by atoms with Crippen LogP contribution in [0.15, 0.2) is 12.1 Å². The number of ether oxygens (including phenoxy) is 3. The van der Waals surface area contributed by atoms with Crippen LogP contribution >= 0.6 is 0 Å². The van der Waals surface area contributed by atoms with Crippen molar-refractivity contribution in [1.82, 2.24) is 5.32 Å². The van der Waals surface area contributed by atoms with Crippen LogP contribution in [0.1, 0.15) is 23.6 Å². The Morgan fingerprint density at radius 3 is 2.56 bits per heavy atom. The van der Waals surface area contributed by atoms with Crippen molar-refractivity contribution in [2.24, 2.45) is 0 Å². The van der Waals surface area contributed by atoms with Crippen LogP contribution in [-0.2, 0) is 11.2 Å². The third kappa shape index (κ3) is 2.60. The van der Waals surface area contributed by atoms with Gasteiger partial charge >= 0.3 is 0 Å². The molecule has 4 nitrogen and oxygen atoms in total. The van der Waals surface area contributed by atoms with E-state index in [0.29, 0.717) is 6.04 Å². The average molecular weight is 251 g/mol. The Labute approximate surface area is 108 Å². The molecule has 0 heterocycles. The van der Waals surface area contributed by atoms with Crippen LogP contribution in [0.25, 0.3) is 0 Å². The minimum Gasteiger partial charge on any atom is -0.493 e. The summed E-state index contributed by atoms with van der Waals surface area (Å²) in [5.74, 6) is 1.62. The Bertz CT molecular complexity index is 406. The predicted molar refractivity (Wildman–Crippen MR) is 70.5 cm³/mol. The zero-order valence-electron chi connectivity index (χ0n) is 11.3. The lowest BCUT2D eigenvalue weighted by molar-refractivity contribution is 0.195. The normalized spacial score (nSPS) is 17.6. The Morgan fingerprint density at radius 1 is 1.17 bits per heavy atom. The van der Waals surface area contributed by atoms with Gasteiger partial charge in [-0.15, -0.1) is 0 Å². The van der Waals surface area contributed by atoms with Gasteiger partial charge in [-0.3, -0.25) is 0 Å². The van der Waals surface area contributed by atoms with Crippen molar-refractivity contribution in [3.05, 3.63) is 23.3 Å². The molecule has 1 aliphatic rings. The second-order valence-corrected chi connectivity index (χ2v) is 4.44. The van der Waals surface area contributed by atoms with Gasteiger partial charge in [-0.1, -0.05) is 0 Å². The van der Waals surface area contributed by atoms with Crippen LogP contribution < -0.4 is 14.8 Å². The van der Waals surface area contributed by atoms with E-state index < -0.39 is 0 Å². The smallest absolute Gasteiger partial charge is 0.161 e. The zero-order valence-corrected chi connectivity index (χ0v) is 11.3. The van der Waals surface area contributed by atoms with Crippen LogP contribution in [-0.4, -0.2) is 34.5 Å². The van der Waals surface area contributed by atoms with E-state index in [1.807, 2.05) is 0 Å². The monoisotopic (exact) mass is 251 g/mol. The van der Waals surface area contributed by atoms with Crippen LogP contribution in [0.5, 0.6) is 11.5 Å². The van der Waals surface area contributed by atoms with Crippen molar-refractivity contribution in [3.63, 3.8) is 0 Å². The van der Waals surface area contributed by atoms with Gasteiger partial charge in [0.1, 0.15) is 0 Å². The minimum absolute atomic E-state index is 0.398. The molecule has 1 N–H and O–H groups in total. The fourth-order valence-electron chi connectivity index (χ4n) is 2.48. The van der Waals surface area contributed by atoms with Crippen molar-refractivity contribution in [2.45, 2.75) is 18.9 Å². The molecule has 1 aromatic rings. The van der Waals surface area contributed by atoms with Crippen LogP contribution in [0, 0.1) is 0 Å². The molecule has 1 atom stereocenters. The van der Waals surface area contributed by atoms with Gasteiger partial charge in [-0.25, -0.2) is 0 Å². The molecule has 0 unspecified atom stereocenters. The Hall–Kier alpha value is -1.26. The second-order valence-electron chi connectivity index (χ2n) is 4.44. The summed E-state index contributed by atoms with van der Waals surface area (Å²) in [4.78, 5) is 0. The summed E-state index contributed by atoms with van der Waals surface area (Å²) >= 11 is 0. The largest absolute Gasteiger partial charge is 0.493 e. The molecule has 18 heavy (non-hydrogen) atoms. The summed E-state index contributed by atoms with van der Waals surface area (Å²) < 4.78 is 15.8. The van der Waals surface area contributed by atoms with Gasteiger partial charge in [0.2, 0.25) is 0 Å². The lowest BCUT2D eigenvalue weighted by Crippen LogP contribution is -2.23. The highest BCUT2D eigenvalue weighted by Crippen LogP contribution is 2.39. The lowest BCUT2D eigenvalue weighted by Gasteiger charge is -2.16. The quantitative estimate of drug-likeness (QED) is 0.784. The molecule has 100 valence electrons. The van der Waals surface area contributed by atoms with E-state index in [0.717, 1.165) is 37.5 Å². The number of methoxy groups -OCH3 is 3. The molecule has 0 aromatic heterocycles. The SMILES string of the molecule is COCCN[C@@H]1CCc2cc(OC)c(OC)cc21.